The number of fused-ring (bicyclic) bond motifs is 3. The molecule has 0 atom stereocenters. The number of hydrogen-bond donors (Lipinski definition) is 0. The zero-order valence-corrected chi connectivity index (χ0v) is 13.7. The van der Waals surface area contributed by atoms with Gasteiger partial charge in [-0.2, -0.15) is 0 Å². The minimum absolute atomic E-state index is 0.118. The fourth-order valence-corrected chi connectivity index (χ4v) is 2.85. The SMILES string of the molecule is C=CCOC(=O)N1CCc2c(c(=O)oc3cc(OC(C)=O)ccc23)C1. The van der Waals surface area contributed by atoms with E-state index in [4.69, 9.17) is 13.9 Å². The summed E-state index contributed by atoms with van der Waals surface area (Å²) in [6, 6.07) is 4.92. The van der Waals surface area contributed by atoms with Gasteiger partial charge in [0.15, 0.2) is 0 Å². The summed E-state index contributed by atoms with van der Waals surface area (Å²) in [7, 11) is 0. The van der Waals surface area contributed by atoms with E-state index in [1.165, 1.54) is 24.0 Å². The molecule has 0 unspecified atom stereocenters. The number of carbonyl (C=O) groups is 2. The lowest BCUT2D eigenvalue weighted by Crippen LogP contribution is -2.38. The summed E-state index contributed by atoms with van der Waals surface area (Å²) < 4.78 is 15.4. The Kier molecular flexibility index (Phi) is 4.56. The molecule has 0 aliphatic carbocycles. The second-order valence-corrected chi connectivity index (χ2v) is 5.64. The van der Waals surface area contributed by atoms with Crippen molar-refractivity contribution in [2.45, 2.75) is 19.9 Å². The summed E-state index contributed by atoms with van der Waals surface area (Å²) in [6.45, 7) is 5.48. The van der Waals surface area contributed by atoms with Crippen molar-refractivity contribution in [2.75, 3.05) is 13.2 Å². The Morgan fingerprint density at radius 1 is 1.36 bits per heavy atom. The molecule has 0 radical (unpaired) electrons. The van der Waals surface area contributed by atoms with Crippen molar-refractivity contribution < 1.29 is 23.5 Å². The molecule has 1 aliphatic heterocycles. The zero-order chi connectivity index (χ0) is 18.0. The fourth-order valence-electron chi connectivity index (χ4n) is 2.85. The van der Waals surface area contributed by atoms with E-state index in [1.807, 2.05) is 0 Å². The van der Waals surface area contributed by atoms with Gasteiger partial charge in [-0.05, 0) is 24.1 Å². The van der Waals surface area contributed by atoms with Gasteiger partial charge in [0.25, 0.3) is 0 Å². The second kappa shape index (κ2) is 6.80. The van der Waals surface area contributed by atoms with E-state index in [0.717, 1.165) is 10.9 Å². The van der Waals surface area contributed by atoms with Gasteiger partial charge in [0.2, 0.25) is 0 Å². The molecule has 0 bridgehead atoms. The van der Waals surface area contributed by atoms with E-state index in [0.29, 0.717) is 29.9 Å². The summed E-state index contributed by atoms with van der Waals surface area (Å²) in [5.74, 6) is -0.137. The molecule has 1 aromatic heterocycles. The first-order valence-electron chi connectivity index (χ1n) is 7.79. The summed E-state index contributed by atoms with van der Waals surface area (Å²) in [6.07, 6.45) is 1.50. The molecule has 0 spiro atoms. The quantitative estimate of drug-likeness (QED) is 0.368. The highest BCUT2D eigenvalue weighted by Crippen LogP contribution is 2.28. The average molecular weight is 343 g/mol. The first-order valence-corrected chi connectivity index (χ1v) is 7.79. The zero-order valence-electron chi connectivity index (χ0n) is 13.7. The third kappa shape index (κ3) is 3.40. The van der Waals surface area contributed by atoms with Gasteiger partial charge < -0.3 is 18.8 Å². The first kappa shape index (κ1) is 16.8. The smallest absolute Gasteiger partial charge is 0.410 e. The Balaban J connectivity index is 1.95. The molecule has 0 saturated carbocycles. The Hall–Kier alpha value is -3.09. The van der Waals surface area contributed by atoms with Gasteiger partial charge in [-0.25, -0.2) is 9.59 Å². The van der Waals surface area contributed by atoms with Crippen LogP contribution in [0.2, 0.25) is 0 Å². The molecule has 1 amide bonds. The van der Waals surface area contributed by atoms with E-state index in [9.17, 15) is 14.4 Å². The van der Waals surface area contributed by atoms with Crippen LogP contribution in [0.3, 0.4) is 0 Å². The highest BCUT2D eigenvalue weighted by atomic mass is 16.6. The van der Waals surface area contributed by atoms with Crippen LogP contribution in [0.4, 0.5) is 4.79 Å². The van der Waals surface area contributed by atoms with Crippen molar-refractivity contribution in [3.63, 3.8) is 0 Å². The number of rotatable bonds is 3. The van der Waals surface area contributed by atoms with Crippen molar-refractivity contribution in [3.05, 3.63) is 52.4 Å². The lowest BCUT2D eigenvalue weighted by molar-refractivity contribution is -0.131. The van der Waals surface area contributed by atoms with Gasteiger partial charge in [-0.3, -0.25) is 4.79 Å². The van der Waals surface area contributed by atoms with Crippen molar-refractivity contribution in [1.29, 1.82) is 0 Å². The van der Waals surface area contributed by atoms with Gasteiger partial charge in [0, 0.05) is 24.9 Å². The van der Waals surface area contributed by atoms with Gasteiger partial charge in [-0.15, -0.1) is 0 Å². The predicted molar refractivity (Wildman–Crippen MR) is 89.5 cm³/mol. The number of esters is 1. The Labute approximate surface area is 143 Å². The van der Waals surface area contributed by atoms with E-state index in [1.54, 1.807) is 12.1 Å². The van der Waals surface area contributed by atoms with Crippen LogP contribution in [0.15, 0.2) is 40.1 Å². The molecule has 130 valence electrons. The molecule has 1 aliphatic rings. The van der Waals surface area contributed by atoms with Crippen LogP contribution in [-0.4, -0.2) is 30.1 Å². The Morgan fingerprint density at radius 3 is 2.88 bits per heavy atom. The number of amides is 1. The highest BCUT2D eigenvalue weighted by Gasteiger charge is 2.26. The molecule has 0 N–H and O–H groups in total. The molecular formula is C18H17NO6. The van der Waals surface area contributed by atoms with Gasteiger partial charge in [0.05, 0.1) is 12.1 Å². The minimum Gasteiger partial charge on any atom is -0.445 e. The molecule has 0 fully saturated rings. The molecule has 1 aromatic carbocycles. The van der Waals surface area contributed by atoms with E-state index >= 15 is 0 Å². The standard InChI is InChI=1S/C18H17NO6/c1-3-8-23-18(22)19-7-6-13-14-5-4-12(24-11(2)20)9-16(14)25-17(21)15(13)10-19/h3-5,9H,1,6-8,10H2,2H3. The summed E-state index contributed by atoms with van der Waals surface area (Å²) in [5.41, 5.74) is 1.12. The fraction of sp³-hybridized carbons (Fsp3) is 0.278. The number of hydrogen-bond acceptors (Lipinski definition) is 6. The highest BCUT2D eigenvalue weighted by molar-refractivity contribution is 5.84. The Bertz CT molecular complexity index is 914. The minimum atomic E-state index is -0.510. The molecule has 7 heteroatoms. The lowest BCUT2D eigenvalue weighted by Gasteiger charge is -2.27. The number of nitrogens with zero attached hydrogens (tertiary/aromatic N) is 1. The molecule has 0 saturated heterocycles. The third-order valence-corrected chi connectivity index (χ3v) is 3.92. The number of carbonyl (C=O) groups excluding carboxylic acids is 2. The van der Waals surface area contributed by atoms with E-state index in [2.05, 4.69) is 6.58 Å². The normalized spacial score (nSPS) is 13.2. The van der Waals surface area contributed by atoms with Crippen LogP contribution in [0.1, 0.15) is 18.1 Å². The third-order valence-electron chi connectivity index (χ3n) is 3.92. The first-order chi connectivity index (χ1) is 12.0. The van der Waals surface area contributed by atoms with Crippen molar-refractivity contribution in [3.8, 4) is 5.75 Å². The summed E-state index contributed by atoms with van der Waals surface area (Å²) in [4.78, 5) is 36.8. The maximum atomic E-state index is 12.3. The monoisotopic (exact) mass is 343 g/mol. The van der Waals surface area contributed by atoms with Gasteiger partial charge in [-0.1, -0.05) is 12.7 Å². The molecule has 25 heavy (non-hydrogen) atoms. The van der Waals surface area contributed by atoms with E-state index < -0.39 is 17.7 Å². The van der Waals surface area contributed by atoms with Gasteiger partial charge >= 0.3 is 17.7 Å². The van der Waals surface area contributed by atoms with Crippen LogP contribution in [0.5, 0.6) is 5.75 Å². The maximum absolute atomic E-state index is 12.3. The Morgan fingerprint density at radius 2 is 2.16 bits per heavy atom. The van der Waals surface area contributed by atoms with Crippen molar-refractivity contribution >= 4 is 23.0 Å². The second-order valence-electron chi connectivity index (χ2n) is 5.64. The predicted octanol–water partition coefficient (Wildman–Crippen LogP) is 2.40. The van der Waals surface area contributed by atoms with Crippen molar-refractivity contribution in [1.82, 2.24) is 4.90 Å². The molecule has 7 nitrogen and oxygen atoms in total. The lowest BCUT2D eigenvalue weighted by atomic mass is 9.98. The van der Waals surface area contributed by atoms with Crippen LogP contribution in [0.25, 0.3) is 11.0 Å². The van der Waals surface area contributed by atoms with Crippen LogP contribution < -0.4 is 10.4 Å². The summed E-state index contributed by atoms with van der Waals surface area (Å²) in [5, 5.41) is 0.768. The maximum Gasteiger partial charge on any atom is 0.410 e. The number of benzene rings is 1. The molecule has 3 rings (SSSR count). The van der Waals surface area contributed by atoms with Crippen LogP contribution in [0, 0.1) is 0 Å². The van der Waals surface area contributed by atoms with Gasteiger partial charge in [0.1, 0.15) is 17.9 Å². The molecule has 2 aromatic rings. The van der Waals surface area contributed by atoms with Crippen LogP contribution in [-0.2, 0) is 22.5 Å². The topological polar surface area (TPSA) is 86.1 Å². The largest absolute Gasteiger partial charge is 0.445 e. The average Bonchev–Trinajstić information content (AvgIpc) is 2.58. The number of ether oxygens (including phenoxy) is 2. The van der Waals surface area contributed by atoms with E-state index in [-0.39, 0.29) is 13.2 Å². The van der Waals surface area contributed by atoms with Crippen LogP contribution >= 0.6 is 0 Å². The molecule has 2 heterocycles. The van der Waals surface area contributed by atoms with Crippen molar-refractivity contribution in [2.24, 2.45) is 0 Å². The summed E-state index contributed by atoms with van der Waals surface area (Å²) >= 11 is 0. The molecular weight excluding hydrogens is 326 g/mol.